The van der Waals surface area contributed by atoms with Gasteiger partial charge in [-0.05, 0) is 142 Å². The van der Waals surface area contributed by atoms with Crippen LogP contribution in [0.25, 0.3) is 75.5 Å². The number of phenolic OH excluding ortho intramolecular Hbond substituents is 1. The van der Waals surface area contributed by atoms with E-state index in [-0.39, 0.29) is 26.5 Å². The molecule has 3 aliphatic rings. The van der Waals surface area contributed by atoms with Gasteiger partial charge in [0.2, 0.25) is 0 Å². The number of phenols is 1. The molecule has 0 aliphatic heterocycles. The molecule has 6 aromatic carbocycles. The first kappa shape index (κ1) is 41.6. The van der Waals surface area contributed by atoms with E-state index in [1.165, 1.54) is 138 Å². The molecule has 8 aromatic rings. The predicted molar refractivity (Wildman–Crippen MR) is 258 cm³/mol. The Morgan fingerprint density at radius 2 is 1.40 bits per heavy atom. The standard InChI is InChI=1S/C57H57N2OS.Pt/c1-56(2,3)42-21-23-46(51(60)34-42)55-59-53-52-48-32-41(20-22-45(48)43-14-8-9-15-44(43)49(52)35-47(54(53)61-55)39-12-6-4-7-13-39)50-33-40(26-31-58-50)37-18-16-36(17-19-37)38-24-29-57(30-25-38)27-10-5-11-28-57;/h8-9,14-23,26,31,33-35,38-39,60H,4-7,10-13,24-25,27-30H2,1-3H3;/q-1;. The Hall–Kier alpha value is -4.37. The van der Waals surface area contributed by atoms with Crippen molar-refractivity contribution in [3.63, 3.8) is 0 Å². The van der Waals surface area contributed by atoms with Crippen molar-refractivity contribution >= 4 is 53.9 Å². The summed E-state index contributed by atoms with van der Waals surface area (Å²) in [4.78, 5) is 10.5. The number of thiazole rings is 1. The molecule has 1 spiro atoms. The maximum atomic E-state index is 11.5. The third kappa shape index (κ3) is 7.51. The van der Waals surface area contributed by atoms with Crippen LogP contribution in [0.1, 0.15) is 139 Å². The number of aromatic nitrogens is 2. The van der Waals surface area contributed by atoms with E-state index in [1.807, 2.05) is 12.3 Å². The minimum Gasteiger partial charge on any atom is -0.507 e. The van der Waals surface area contributed by atoms with Crippen molar-refractivity contribution in [1.29, 1.82) is 0 Å². The first-order valence-corrected chi connectivity index (χ1v) is 24.1. The first-order chi connectivity index (χ1) is 29.7. The fourth-order valence-electron chi connectivity index (χ4n) is 11.7. The SMILES string of the molecule is CC(C)(C)c1ccc(-c2nc3c(s2)c(C2CCCCC2)cc2c4ccccc4c4ccc(-c5cc(-c6ccc(C7CCC8(CCCCC8)CC7)cc6)ccn5)[c-]c4c23)c(O)c1.[Pt]. The number of fused-ring (bicyclic) bond motifs is 8. The molecule has 11 rings (SSSR count). The summed E-state index contributed by atoms with van der Waals surface area (Å²) in [7, 11) is 0. The van der Waals surface area contributed by atoms with Gasteiger partial charge in [0.15, 0.2) is 0 Å². The maximum Gasteiger partial charge on any atom is 0.127 e. The second-order valence-electron chi connectivity index (χ2n) is 20.0. The van der Waals surface area contributed by atoms with Gasteiger partial charge in [0, 0.05) is 33.0 Å². The Labute approximate surface area is 385 Å². The molecule has 62 heavy (non-hydrogen) atoms. The van der Waals surface area contributed by atoms with Crippen LogP contribution in [0.5, 0.6) is 5.75 Å². The summed E-state index contributed by atoms with van der Waals surface area (Å²) >= 11 is 1.74. The number of aromatic hydroxyl groups is 1. The third-order valence-electron chi connectivity index (χ3n) is 15.2. The van der Waals surface area contributed by atoms with Gasteiger partial charge in [-0.15, -0.1) is 34.9 Å². The van der Waals surface area contributed by atoms with Crippen LogP contribution >= 0.6 is 11.3 Å². The number of benzene rings is 6. The minimum atomic E-state index is -0.0621. The largest absolute Gasteiger partial charge is 0.507 e. The van der Waals surface area contributed by atoms with Crippen LogP contribution in [0.2, 0.25) is 0 Å². The molecule has 318 valence electrons. The van der Waals surface area contributed by atoms with Crippen molar-refractivity contribution in [1.82, 2.24) is 9.97 Å². The molecule has 3 fully saturated rings. The van der Waals surface area contributed by atoms with Crippen LogP contribution in [0.4, 0.5) is 0 Å². The summed E-state index contributed by atoms with van der Waals surface area (Å²) in [6.07, 6.45) is 20.9. The topological polar surface area (TPSA) is 46.0 Å². The Morgan fingerprint density at radius 3 is 2.13 bits per heavy atom. The van der Waals surface area contributed by atoms with E-state index >= 15 is 0 Å². The third-order valence-corrected chi connectivity index (χ3v) is 16.4. The average Bonchev–Trinajstić information content (AvgIpc) is 3.74. The zero-order chi connectivity index (χ0) is 41.3. The Balaban J connectivity index is 0.00000458. The van der Waals surface area contributed by atoms with Gasteiger partial charge >= 0.3 is 0 Å². The zero-order valence-corrected chi connectivity index (χ0v) is 39.5. The Bertz CT molecular complexity index is 2940. The van der Waals surface area contributed by atoms with Gasteiger partial charge in [-0.2, -0.15) is 0 Å². The molecule has 0 atom stereocenters. The summed E-state index contributed by atoms with van der Waals surface area (Å²) in [5, 5.41) is 19.5. The van der Waals surface area contributed by atoms with E-state index in [1.54, 1.807) is 11.3 Å². The predicted octanol–water partition coefficient (Wildman–Crippen LogP) is 16.6. The van der Waals surface area contributed by atoms with Crippen molar-refractivity contribution in [2.45, 2.75) is 128 Å². The van der Waals surface area contributed by atoms with Crippen molar-refractivity contribution in [2.75, 3.05) is 0 Å². The van der Waals surface area contributed by atoms with Crippen molar-refractivity contribution in [3.05, 3.63) is 126 Å². The summed E-state index contributed by atoms with van der Waals surface area (Å²) in [5.74, 6) is 1.47. The molecule has 2 heterocycles. The fraction of sp³-hybridized carbons (Fsp3) is 0.368. The van der Waals surface area contributed by atoms with Gasteiger partial charge < -0.3 is 5.11 Å². The number of hydrogen-bond donors (Lipinski definition) is 1. The number of hydrogen-bond acceptors (Lipinski definition) is 4. The number of rotatable bonds is 5. The van der Waals surface area contributed by atoms with E-state index in [0.717, 1.165) is 43.7 Å². The van der Waals surface area contributed by atoms with E-state index in [9.17, 15) is 5.11 Å². The summed E-state index contributed by atoms with van der Waals surface area (Å²) in [6, 6.07) is 39.8. The second kappa shape index (κ2) is 16.6. The van der Waals surface area contributed by atoms with Crippen LogP contribution in [0, 0.1) is 11.5 Å². The second-order valence-corrected chi connectivity index (χ2v) is 21.0. The molecular formula is C57H57N2OPtS-. The molecular weight excluding hydrogens is 956 g/mol. The summed E-state index contributed by atoms with van der Waals surface area (Å²) < 4.78 is 1.24. The molecule has 0 saturated heterocycles. The molecule has 3 nitrogen and oxygen atoms in total. The van der Waals surface area contributed by atoms with E-state index < -0.39 is 0 Å². The summed E-state index contributed by atoms with van der Waals surface area (Å²) in [6.45, 7) is 6.56. The zero-order valence-electron chi connectivity index (χ0n) is 36.4. The Morgan fingerprint density at radius 1 is 0.677 bits per heavy atom. The molecule has 1 N–H and O–H groups in total. The molecule has 0 radical (unpaired) electrons. The van der Waals surface area contributed by atoms with Gasteiger partial charge in [-0.1, -0.05) is 137 Å². The molecule has 3 saturated carbocycles. The normalized spacial score (nSPS) is 17.6. The smallest absolute Gasteiger partial charge is 0.127 e. The molecule has 5 heteroatoms. The quantitative estimate of drug-likeness (QED) is 0.138. The molecule has 3 aliphatic carbocycles. The van der Waals surface area contributed by atoms with Gasteiger partial charge in [0.25, 0.3) is 0 Å². The maximum absolute atomic E-state index is 11.5. The van der Waals surface area contributed by atoms with Crippen LogP contribution in [0.3, 0.4) is 0 Å². The van der Waals surface area contributed by atoms with Crippen molar-refractivity contribution in [3.8, 4) is 38.7 Å². The van der Waals surface area contributed by atoms with Gasteiger partial charge in [-0.25, -0.2) is 4.98 Å². The Kier molecular flexibility index (Phi) is 11.2. The number of nitrogens with zero attached hydrogens (tertiary/aromatic N) is 2. The first-order valence-electron chi connectivity index (χ1n) is 23.3. The van der Waals surface area contributed by atoms with Gasteiger partial charge in [0.05, 0.1) is 15.8 Å². The molecule has 0 bridgehead atoms. The van der Waals surface area contributed by atoms with Crippen LogP contribution in [-0.2, 0) is 26.5 Å². The molecule has 0 amide bonds. The van der Waals surface area contributed by atoms with Crippen LogP contribution in [-0.4, -0.2) is 15.1 Å². The fourth-order valence-corrected chi connectivity index (χ4v) is 12.9. The molecule has 0 unspecified atom stereocenters. The van der Waals surface area contributed by atoms with E-state index in [2.05, 4.69) is 118 Å². The average molecular weight is 1010 g/mol. The van der Waals surface area contributed by atoms with E-state index in [0.29, 0.717) is 23.0 Å². The van der Waals surface area contributed by atoms with Gasteiger partial charge in [0.1, 0.15) is 10.8 Å². The van der Waals surface area contributed by atoms with Gasteiger partial charge in [-0.3, -0.25) is 4.98 Å². The summed E-state index contributed by atoms with van der Waals surface area (Å²) in [5.41, 5.74) is 10.8. The van der Waals surface area contributed by atoms with Crippen molar-refractivity contribution in [2.24, 2.45) is 5.41 Å². The molecule has 2 aromatic heterocycles. The number of pyridine rings is 1. The van der Waals surface area contributed by atoms with Crippen LogP contribution < -0.4 is 0 Å². The van der Waals surface area contributed by atoms with E-state index in [4.69, 9.17) is 9.97 Å². The van der Waals surface area contributed by atoms with Crippen molar-refractivity contribution < 1.29 is 26.2 Å². The monoisotopic (exact) mass is 1010 g/mol. The minimum absolute atomic E-state index is 0. The van der Waals surface area contributed by atoms with Crippen LogP contribution in [0.15, 0.2) is 103 Å².